The molecule has 30 heavy (non-hydrogen) atoms. The molecule has 0 spiro atoms. The molecule has 0 bridgehead atoms. The molecule has 0 amide bonds. The number of anilines is 1. The number of nitrogens with zero attached hydrogens (tertiary/aromatic N) is 5. The maximum Gasteiger partial charge on any atom is 0.223 e. The molecule has 3 aromatic heterocycles. The first-order chi connectivity index (χ1) is 14.3. The quantitative estimate of drug-likeness (QED) is 0.537. The van der Waals surface area contributed by atoms with Crippen LogP contribution in [0.2, 0.25) is 0 Å². The molecule has 0 atom stereocenters. The number of fused-ring (bicyclic) bond motifs is 3. The summed E-state index contributed by atoms with van der Waals surface area (Å²) in [5, 5.41) is 5.53. The van der Waals surface area contributed by atoms with Crippen LogP contribution in [0.15, 0.2) is 36.5 Å². The van der Waals surface area contributed by atoms with Crippen LogP contribution in [0.25, 0.3) is 16.6 Å². The Morgan fingerprint density at radius 1 is 1.10 bits per heavy atom. The zero-order chi connectivity index (χ0) is 21.0. The van der Waals surface area contributed by atoms with Gasteiger partial charge in [-0.3, -0.25) is 4.98 Å². The van der Waals surface area contributed by atoms with Crippen molar-refractivity contribution in [2.45, 2.75) is 44.1 Å². The molecule has 8 heteroatoms. The molecule has 1 fully saturated rings. The first kappa shape index (κ1) is 18.7. The van der Waals surface area contributed by atoms with Gasteiger partial charge in [0.05, 0.1) is 7.11 Å². The van der Waals surface area contributed by atoms with E-state index in [2.05, 4.69) is 27.2 Å². The Hall–Kier alpha value is -3.26. The topological polar surface area (TPSA) is 117 Å². The zero-order valence-electron chi connectivity index (χ0n) is 17.3. The van der Waals surface area contributed by atoms with Gasteiger partial charge in [0.15, 0.2) is 11.5 Å². The molecule has 1 aliphatic rings. The summed E-state index contributed by atoms with van der Waals surface area (Å²) in [6.45, 7) is 3.97. The lowest BCUT2D eigenvalue weighted by atomic mass is 9.72. The Morgan fingerprint density at radius 2 is 1.90 bits per heavy atom. The molecule has 4 aromatic rings. The normalized spacial score (nSPS) is 19.2. The van der Waals surface area contributed by atoms with Crippen molar-refractivity contribution in [3.8, 4) is 5.75 Å². The standard InChI is InChI=1S/C22H25N7O/c1-22(2,24)14-7-8-16(25-11-14)12-9-13(10-12)19-27-20-15-5-4-6-17(30-3)18(15)26-21(23)29(20)28-19/h4-8,11-13H,9-10,24H2,1-3H3,(H2,23,26)/t12-,13+. The van der Waals surface area contributed by atoms with Crippen LogP contribution >= 0.6 is 0 Å². The van der Waals surface area contributed by atoms with E-state index in [1.165, 1.54) is 0 Å². The molecular formula is C22H25N7O. The number of para-hydroxylation sites is 1. The zero-order valence-corrected chi connectivity index (χ0v) is 17.3. The summed E-state index contributed by atoms with van der Waals surface area (Å²) >= 11 is 0. The molecule has 154 valence electrons. The van der Waals surface area contributed by atoms with Crippen molar-refractivity contribution in [3.05, 3.63) is 53.6 Å². The summed E-state index contributed by atoms with van der Waals surface area (Å²) in [6.07, 6.45) is 3.81. The molecule has 0 aliphatic heterocycles. The van der Waals surface area contributed by atoms with Gasteiger partial charge in [0.25, 0.3) is 0 Å². The van der Waals surface area contributed by atoms with E-state index in [1.807, 2.05) is 38.2 Å². The highest BCUT2D eigenvalue weighted by molar-refractivity contribution is 5.95. The number of nitrogens with two attached hydrogens (primary N) is 2. The second kappa shape index (κ2) is 6.63. The number of methoxy groups -OCH3 is 1. The summed E-state index contributed by atoms with van der Waals surface area (Å²) in [5.41, 5.74) is 15.5. The third kappa shape index (κ3) is 2.95. The number of nitrogen functional groups attached to an aromatic ring is 1. The van der Waals surface area contributed by atoms with E-state index < -0.39 is 0 Å². The SMILES string of the molecule is COc1cccc2c1nc(N)n1nc([C@H]3C[C@@H](c4ccc(C(C)(C)N)cn4)C3)nc21. The number of pyridine rings is 1. The minimum Gasteiger partial charge on any atom is -0.494 e. The molecule has 1 saturated carbocycles. The molecule has 0 unspecified atom stereocenters. The molecule has 5 rings (SSSR count). The van der Waals surface area contributed by atoms with Crippen LogP contribution in [0.1, 0.15) is 55.6 Å². The number of benzene rings is 1. The number of aromatic nitrogens is 5. The maximum atomic E-state index is 6.16. The monoisotopic (exact) mass is 403 g/mol. The molecule has 0 saturated heterocycles. The first-order valence-electron chi connectivity index (χ1n) is 10.1. The van der Waals surface area contributed by atoms with Gasteiger partial charge < -0.3 is 16.2 Å². The third-order valence-electron chi connectivity index (χ3n) is 5.98. The van der Waals surface area contributed by atoms with Gasteiger partial charge in [-0.15, -0.1) is 5.10 Å². The summed E-state index contributed by atoms with van der Waals surface area (Å²) in [7, 11) is 1.62. The highest BCUT2D eigenvalue weighted by atomic mass is 16.5. The molecule has 1 aromatic carbocycles. The van der Waals surface area contributed by atoms with Crippen molar-refractivity contribution in [1.29, 1.82) is 0 Å². The third-order valence-corrected chi connectivity index (χ3v) is 5.98. The van der Waals surface area contributed by atoms with Crippen molar-refractivity contribution >= 4 is 22.5 Å². The summed E-state index contributed by atoms with van der Waals surface area (Å²) in [5.74, 6) is 2.46. The molecule has 4 N–H and O–H groups in total. The van der Waals surface area contributed by atoms with E-state index in [9.17, 15) is 0 Å². The summed E-state index contributed by atoms with van der Waals surface area (Å²) in [4.78, 5) is 13.9. The van der Waals surface area contributed by atoms with Crippen LogP contribution in [0.3, 0.4) is 0 Å². The lowest BCUT2D eigenvalue weighted by Gasteiger charge is -2.33. The van der Waals surface area contributed by atoms with E-state index in [0.29, 0.717) is 28.8 Å². The minimum absolute atomic E-state index is 0.280. The van der Waals surface area contributed by atoms with Crippen molar-refractivity contribution < 1.29 is 4.74 Å². The fourth-order valence-electron chi connectivity index (χ4n) is 4.08. The van der Waals surface area contributed by atoms with Crippen LogP contribution in [-0.2, 0) is 5.54 Å². The van der Waals surface area contributed by atoms with Crippen LogP contribution in [0.5, 0.6) is 5.75 Å². The van der Waals surface area contributed by atoms with Crippen LogP contribution in [0, 0.1) is 0 Å². The second-order valence-electron chi connectivity index (χ2n) is 8.59. The van der Waals surface area contributed by atoms with E-state index in [-0.39, 0.29) is 11.5 Å². The van der Waals surface area contributed by atoms with Gasteiger partial charge in [0.1, 0.15) is 11.3 Å². The van der Waals surface area contributed by atoms with E-state index in [1.54, 1.807) is 11.6 Å². The lowest BCUT2D eigenvalue weighted by Crippen LogP contribution is -2.29. The fraction of sp³-hybridized carbons (Fsp3) is 0.364. The Morgan fingerprint density at radius 3 is 2.57 bits per heavy atom. The van der Waals surface area contributed by atoms with Gasteiger partial charge in [-0.05, 0) is 50.5 Å². The maximum absolute atomic E-state index is 6.16. The Labute approximate surface area is 174 Å². The summed E-state index contributed by atoms with van der Waals surface area (Å²) in [6, 6.07) is 9.91. The Balaban J connectivity index is 1.42. The average molecular weight is 403 g/mol. The van der Waals surface area contributed by atoms with Crippen molar-refractivity contribution in [2.75, 3.05) is 12.8 Å². The molecule has 3 heterocycles. The van der Waals surface area contributed by atoms with E-state index in [0.717, 1.165) is 35.3 Å². The van der Waals surface area contributed by atoms with Gasteiger partial charge in [-0.2, -0.15) is 4.52 Å². The van der Waals surface area contributed by atoms with E-state index >= 15 is 0 Å². The lowest BCUT2D eigenvalue weighted by molar-refractivity contribution is 0.332. The number of ether oxygens (including phenoxy) is 1. The van der Waals surface area contributed by atoms with E-state index in [4.69, 9.17) is 21.2 Å². The van der Waals surface area contributed by atoms with Gasteiger partial charge in [-0.25, -0.2) is 9.97 Å². The predicted octanol–water partition coefficient (Wildman–Crippen LogP) is 3.12. The number of hydrogen-bond acceptors (Lipinski definition) is 7. The molecule has 1 aliphatic carbocycles. The van der Waals surface area contributed by atoms with Crippen molar-refractivity contribution in [1.82, 2.24) is 24.6 Å². The largest absolute Gasteiger partial charge is 0.494 e. The highest BCUT2D eigenvalue weighted by Gasteiger charge is 2.35. The first-order valence-corrected chi connectivity index (χ1v) is 10.1. The highest BCUT2D eigenvalue weighted by Crippen LogP contribution is 2.46. The summed E-state index contributed by atoms with van der Waals surface area (Å²) < 4.78 is 7.05. The van der Waals surface area contributed by atoms with Gasteiger partial charge in [0, 0.05) is 34.7 Å². The average Bonchev–Trinajstić information content (AvgIpc) is 3.12. The van der Waals surface area contributed by atoms with Crippen LogP contribution in [0.4, 0.5) is 5.95 Å². The Kier molecular flexibility index (Phi) is 4.14. The molecule has 0 radical (unpaired) electrons. The van der Waals surface area contributed by atoms with Crippen molar-refractivity contribution in [3.63, 3.8) is 0 Å². The van der Waals surface area contributed by atoms with Crippen LogP contribution in [-0.4, -0.2) is 31.7 Å². The predicted molar refractivity (Wildman–Crippen MR) is 115 cm³/mol. The van der Waals surface area contributed by atoms with Crippen LogP contribution < -0.4 is 16.2 Å². The van der Waals surface area contributed by atoms with Gasteiger partial charge in [0.2, 0.25) is 5.95 Å². The fourth-order valence-corrected chi connectivity index (χ4v) is 4.08. The molecular weight excluding hydrogens is 378 g/mol. The minimum atomic E-state index is -0.381. The second-order valence-corrected chi connectivity index (χ2v) is 8.59. The van der Waals surface area contributed by atoms with Gasteiger partial charge >= 0.3 is 0 Å². The number of hydrogen-bond donors (Lipinski definition) is 2. The van der Waals surface area contributed by atoms with Crippen molar-refractivity contribution in [2.24, 2.45) is 5.73 Å². The van der Waals surface area contributed by atoms with Gasteiger partial charge in [-0.1, -0.05) is 12.1 Å². The Bertz CT molecular complexity index is 1230. The molecule has 8 nitrogen and oxygen atoms in total. The smallest absolute Gasteiger partial charge is 0.223 e. The number of rotatable bonds is 4.